The Morgan fingerprint density at radius 2 is 1.75 bits per heavy atom. The number of thioether (sulfide) groups is 1. The van der Waals surface area contributed by atoms with Gasteiger partial charge in [0.05, 0.1) is 16.5 Å². The van der Waals surface area contributed by atoms with E-state index in [1.54, 1.807) is 17.8 Å². The van der Waals surface area contributed by atoms with Crippen molar-refractivity contribution >= 4 is 40.9 Å². The van der Waals surface area contributed by atoms with Crippen LogP contribution in [0, 0.1) is 0 Å². The van der Waals surface area contributed by atoms with Crippen LogP contribution in [0.25, 0.3) is 0 Å². The number of aliphatic carboxylic acids is 1. The highest BCUT2D eigenvalue weighted by atomic mass is 35.5. The van der Waals surface area contributed by atoms with Gasteiger partial charge in [0.25, 0.3) is 0 Å². The molecule has 0 amide bonds. The predicted molar refractivity (Wildman–Crippen MR) is 83.8 cm³/mol. The van der Waals surface area contributed by atoms with E-state index in [0.717, 1.165) is 16.0 Å². The lowest BCUT2D eigenvalue weighted by molar-refractivity contribution is -0.136. The summed E-state index contributed by atoms with van der Waals surface area (Å²) in [5, 5.41) is 9.96. The third-order valence-electron chi connectivity index (χ3n) is 2.75. The molecule has 2 nitrogen and oxygen atoms in total. The minimum Gasteiger partial charge on any atom is -0.481 e. The van der Waals surface area contributed by atoms with Gasteiger partial charge < -0.3 is 5.11 Å². The van der Waals surface area contributed by atoms with Gasteiger partial charge >= 0.3 is 5.97 Å². The summed E-state index contributed by atoms with van der Waals surface area (Å²) < 4.78 is 0. The van der Waals surface area contributed by atoms with Crippen LogP contribution in [0.3, 0.4) is 0 Å². The lowest BCUT2D eigenvalue weighted by atomic mass is 10.1. The second-order valence-electron chi connectivity index (χ2n) is 4.20. The fourth-order valence-corrected chi connectivity index (χ4v) is 3.09. The molecular weight excluding hydrogens is 315 g/mol. The van der Waals surface area contributed by atoms with Crippen LogP contribution in [0.5, 0.6) is 0 Å². The van der Waals surface area contributed by atoms with Crippen LogP contribution in [-0.2, 0) is 17.0 Å². The highest BCUT2D eigenvalue weighted by Crippen LogP contribution is 2.30. The maximum atomic E-state index is 10.8. The van der Waals surface area contributed by atoms with Crippen molar-refractivity contribution in [1.29, 1.82) is 0 Å². The molecule has 2 rings (SSSR count). The molecule has 0 aliphatic rings. The zero-order valence-electron chi connectivity index (χ0n) is 10.5. The maximum Gasteiger partial charge on any atom is 0.307 e. The molecular formula is C15H12Cl2O2S. The van der Waals surface area contributed by atoms with Crippen LogP contribution in [-0.4, -0.2) is 11.1 Å². The van der Waals surface area contributed by atoms with E-state index in [0.29, 0.717) is 15.8 Å². The lowest BCUT2D eigenvalue weighted by Gasteiger charge is -2.08. The zero-order valence-corrected chi connectivity index (χ0v) is 12.8. The summed E-state index contributed by atoms with van der Waals surface area (Å²) in [5.74, 6) is -0.126. The number of halogens is 2. The molecule has 0 bridgehead atoms. The highest BCUT2D eigenvalue weighted by molar-refractivity contribution is 7.98. The number of hydrogen-bond acceptors (Lipinski definition) is 2. The molecule has 0 spiro atoms. The number of carbonyl (C=O) groups is 1. The summed E-state index contributed by atoms with van der Waals surface area (Å²) in [6, 6.07) is 13.0. The van der Waals surface area contributed by atoms with Gasteiger partial charge in [-0.05, 0) is 29.3 Å². The molecule has 0 aromatic heterocycles. The van der Waals surface area contributed by atoms with Crippen LogP contribution < -0.4 is 0 Å². The van der Waals surface area contributed by atoms with Crippen molar-refractivity contribution in [2.24, 2.45) is 0 Å². The Balaban J connectivity index is 2.10. The van der Waals surface area contributed by atoms with Crippen molar-refractivity contribution in [3.05, 3.63) is 63.6 Å². The van der Waals surface area contributed by atoms with Gasteiger partial charge in [-0.1, -0.05) is 47.5 Å². The molecule has 1 N–H and O–H groups in total. The van der Waals surface area contributed by atoms with Crippen LogP contribution in [0.15, 0.2) is 47.4 Å². The minimum atomic E-state index is -0.822. The van der Waals surface area contributed by atoms with Gasteiger partial charge in [-0.15, -0.1) is 11.8 Å². The van der Waals surface area contributed by atoms with Gasteiger partial charge in [-0.25, -0.2) is 0 Å². The third-order valence-corrected chi connectivity index (χ3v) is 4.53. The lowest BCUT2D eigenvalue weighted by Crippen LogP contribution is -2.02. The van der Waals surface area contributed by atoms with E-state index in [2.05, 4.69) is 0 Å². The maximum absolute atomic E-state index is 10.8. The fraction of sp³-hybridized carbons (Fsp3) is 0.133. The molecule has 2 aromatic carbocycles. The third kappa shape index (κ3) is 4.17. The fourth-order valence-electron chi connectivity index (χ4n) is 1.76. The topological polar surface area (TPSA) is 37.3 Å². The first-order valence-corrected chi connectivity index (χ1v) is 7.67. The van der Waals surface area contributed by atoms with Crippen LogP contribution in [0.1, 0.15) is 11.1 Å². The second kappa shape index (κ2) is 7.02. The summed E-state index contributed by atoms with van der Waals surface area (Å²) in [6.45, 7) is 0. The number of rotatable bonds is 5. The normalized spacial score (nSPS) is 10.5. The number of carboxylic acids is 1. The van der Waals surface area contributed by atoms with E-state index >= 15 is 0 Å². The van der Waals surface area contributed by atoms with Gasteiger partial charge in [0.1, 0.15) is 0 Å². The van der Waals surface area contributed by atoms with Crippen LogP contribution in [0.4, 0.5) is 0 Å². The predicted octanol–water partition coefficient (Wildman–Crippen LogP) is 4.91. The molecule has 0 radical (unpaired) electrons. The number of carboxylic acid groups (broad SMARTS) is 1. The van der Waals surface area contributed by atoms with Gasteiger partial charge in [0.15, 0.2) is 0 Å². The first-order chi connectivity index (χ1) is 9.56. The van der Waals surface area contributed by atoms with Crippen molar-refractivity contribution in [2.75, 3.05) is 0 Å². The first-order valence-electron chi connectivity index (χ1n) is 5.92. The highest BCUT2D eigenvalue weighted by Gasteiger charge is 2.07. The summed E-state index contributed by atoms with van der Waals surface area (Å²) in [5.41, 5.74) is 1.86. The smallest absolute Gasteiger partial charge is 0.307 e. The molecule has 0 saturated carbocycles. The van der Waals surface area contributed by atoms with Crippen LogP contribution >= 0.6 is 35.0 Å². The molecule has 20 heavy (non-hydrogen) atoms. The van der Waals surface area contributed by atoms with E-state index in [4.69, 9.17) is 28.3 Å². The number of benzene rings is 2. The summed E-state index contributed by atoms with van der Waals surface area (Å²) in [6.07, 6.45) is 0.0398. The molecule has 0 aliphatic carbocycles. The quantitative estimate of drug-likeness (QED) is 0.793. The minimum absolute atomic E-state index is 0.0398. The monoisotopic (exact) mass is 326 g/mol. The van der Waals surface area contributed by atoms with Crippen molar-refractivity contribution in [2.45, 2.75) is 17.1 Å². The molecule has 5 heteroatoms. The van der Waals surface area contributed by atoms with E-state index in [1.165, 1.54) is 0 Å². The molecule has 0 fully saturated rings. The van der Waals surface area contributed by atoms with Crippen molar-refractivity contribution < 1.29 is 9.90 Å². The Kier molecular flexibility index (Phi) is 5.35. The Bertz CT molecular complexity index is 629. The average molecular weight is 327 g/mol. The molecule has 0 atom stereocenters. The number of hydrogen-bond donors (Lipinski definition) is 1. The van der Waals surface area contributed by atoms with Crippen molar-refractivity contribution in [3.8, 4) is 0 Å². The first kappa shape index (κ1) is 15.2. The van der Waals surface area contributed by atoms with Gasteiger partial charge in [0, 0.05) is 10.6 Å². The Morgan fingerprint density at radius 1 is 1.05 bits per heavy atom. The molecule has 2 aromatic rings. The summed E-state index contributed by atoms with van der Waals surface area (Å²) >= 11 is 13.4. The van der Waals surface area contributed by atoms with E-state index in [9.17, 15) is 4.79 Å². The van der Waals surface area contributed by atoms with E-state index in [1.807, 2.05) is 36.4 Å². The Hall–Kier alpha value is -1.16. The van der Waals surface area contributed by atoms with E-state index < -0.39 is 5.97 Å². The standard InChI is InChI=1S/C15H12Cl2O2S/c16-13-6-5-12(8-14(13)17)20-9-11-4-2-1-3-10(11)7-15(18)19/h1-6,8H,7,9H2,(H,18,19). The average Bonchev–Trinajstić information content (AvgIpc) is 2.41. The van der Waals surface area contributed by atoms with Crippen molar-refractivity contribution in [1.82, 2.24) is 0 Å². The molecule has 0 unspecified atom stereocenters. The van der Waals surface area contributed by atoms with Gasteiger partial charge in [-0.2, -0.15) is 0 Å². The van der Waals surface area contributed by atoms with Crippen LogP contribution in [0.2, 0.25) is 10.0 Å². The molecule has 0 heterocycles. The van der Waals surface area contributed by atoms with Gasteiger partial charge in [0.2, 0.25) is 0 Å². The molecule has 104 valence electrons. The van der Waals surface area contributed by atoms with Gasteiger partial charge in [-0.3, -0.25) is 4.79 Å². The largest absolute Gasteiger partial charge is 0.481 e. The molecule has 0 saturated heterocycles. The summed E-state index contributed by atoms with van der Waals surface area (Å²) in [4.78, 5) is 11.8. The SMILES string of the molecule is O=C(O)Cc1ccccc1CSc1ccc(Cl)c(Cl)c1. The van der Waals surface area contributed by atoms with E-state index in [-0.39, 0.29) is 6.42 Å². The Labute approximate surface area is 131 Å². The van der Waals surface area contributed by atoms with Crippen molar-refractivity contribution in [3.63, 3.8) is 0 Å². The second-order valence-corrected chi connectivity index (χ2v) is 6.07. The Morgan fingerprint density at radius 3 is 2.40 bits per heavy atom. The molecule has 0 aliphatic heterocycles. The summed E-state index contributed by atoms with van der Waals surface area (Å²) in [7, 11) is 0. The zero-order chi connectivity index (χ0) is 14.5.